The van der Waals surface area contributed by atoms with E-state index in [-0.39, 0.29) is 5.91 Å². The third-order valence-corrected chi connectivity index (χ3v) is 3.94. The maximum absolute atomic E-state index is 12.3. The van der Waals surface area contributed by atoms with E-state index in [1.54, 1.807) is 12.1 Å². The highest BCUT2D eigenvalue weighted by Gasteiger charge is 2.09. The van der Waals surface area contributed by atoms with Crippen LogP contribution in [0.2, 0.25) is 0 Å². The van der Waals surface area contributed by atoms with Crippen LogP contribution in [0.25, 0.3) is 10.8 Å². The van der Waals surface area contributed by atoms with Crippen molar-refractivity contribution in [1.82, 2.24) is 0 Å². The van der Waals surface area contributed by atoms with E-state index >= 15 is 0 Å². The standard InChI is InChI=1S/C17H13BrN2O/c18-15-8-7-14(19)10-16(15)20-17(21)13-6-5-11-3-1-2-4-12(11)9-13/h1-10H,19H2,(H,20,21). The highest BCUT2D eigenvalue weighted by Crippen LogP contribution is 2.25. The number of hydrogen-bond donors (Lipinski definition) is 2. The Kier molecular flexibility index (Phi) is 3.62. The molecule has 0 spiro atoms. The van der Waals surface area contributed by atoms with Gasteiger partial charge in [-0.25, -0.2) is 0 Å². The highest BCUT2D eigenvalue weighted by molar-refractivity contribution is 9.10. The molecule has 0 unspecified atom stereocenters. The molecule has 0 saturated carbocycles. The average molecular weight is 341 g/mol. The van der Waals surface area contributed by atoms with Gasteiger partial charge >= 0.3 is 0 Å². The number of nitrogens with one attached hydrogen (secondary N) is 1. The third-order valence-electron chi connectivity index (χ3n) is 3.25. The number of nitrogen functional groups attached to an aromatic ring is 1. The quantitative estimate of drug-likeness (QED) is 0.677. The molecule has 0 bridgehead atoms. The van der Waals surface area contributed by atoms with Gasteiger partial charge in [-0.2, -0.15) is 0 Å². The molecule has 4 heteroatoms. The molecule has 0 atom stereocenters. The first kappa shape index (κ1) is 13.6. The van der Waals surface area contributed by atoms with Crippen LogP contribution in [0.1, 0.15) is 10.4 Å². The lowest BCUT2D eigenvalue weighted by Gasteiger charge is -2.09. The second-order valence-corrected chi connectivity index (χ2v) is 5.61. The summed E-state index contributed by atoms with van der Waals surface area (Å²) in [6.07, 6.45) is 0. The smallest absolute Gasteiger partial charge is 0.255 e. The van der Waals surface area contributed by atoms with Gasteiger partial charge in [0.05, 0.1) is 5.69 Å². The van der Waals surface area contributed by atoms with Gasteiger partial charge in [0.25, 0.3) is 5.91 Å². The maximum atomic E-state index is 12.3. The maximum Gasteiger partial charge on any atom is 0.255 e. The van der Waals surface area contributed by atoms with E-state index in [0.717, 1.165) is 15.2 Å². The summed E-state index contributed by atoms with van der Waals surface area (Å²) >= 11 is 3.40. The largest absolute Gasteiger partial charge is 0.399 e. The topological polar surface area (TPSA) is 55.1 Å². The minimum Gasteiger partial charge on any atom is -0.399 e. The van der Waals surface area contributed by atoms with Gasteiger partial charge in [0.1, 0.15) is 0 Å². The summed E-state index contributed by atoms with van der Waals surface area (Å²) in [5.74, 6) is -0.160. The normalized spacial score (nSPS) is 10.5. The zero-order valence-corrected chi connectivity index (χ0v) is 12.7. The molecule has 0 heterocycles. The zero-order chi connectivity index (χ0) is 14.8. The lowest BCUT2D eigenvalue weighted by molar-refractivity contribution is 0.102. The summed E-state index contributed by atoms with van der Waals surface area (Å²) in [4.78, 5) is 12.3. The van der Waals surface area contributed by atoms with E-state index < -0.39 is 0 Å². The second-order valence-electron chi connectivity index (χ2n) is 4.76. The van der Waals surface area contributed by atoms with Gasteiger partial charge < -0.3 is 11.1 Å². The Morgan fingerprint density at radius 2 is 1.71 bits per heavy atom. The van der Waals surface area contributed by atoms with Gasteiger partial charge in [0.15, 0.2) is 0 Å². The van der Waals surface area contributed by atoms with Crippen molar-refractivity contribution in [2.75, 3.05) is 11.1 Å². The van der Waals surface area contributed by atoms with E-state index in [1.807, 2.05) is 48.5 Å². The lowest BCUT2D eigenvalue weighted by Crippen LogP contribution is -2.12. The first-order valence-corrected chi connectivity index (χ1v) is 7.28. The van der Waals surface area contributed by atoms with Crippen molar-refractivity contribution in [1.29, 1.82) is 0 Å². The number of carbonyl (C=O) groups excluding carboxylic acids is 1. The van der Waals surface area contributed by atoms with Crippen LogP contribution in [0.4, 0.5) is 11.4 Å². The number of hydrogen-bond acceptors (Lipinski definition) is 2. The fourth-order valence-electron chi connectivity index (χ4n) is 2.16. The van der Waals surface area contributed by atoms with Crippen molar-refractivity contribution < 1.29 is 4.79 Å². The molecule has 3 nitrogen and oxygen atoms in total. The van der Waals surface area contributed by atoms with Crippen LogP contribution < -0.4 is 11.1 Å². The molecule has 21 heavy (non-hydrogen) atoms. The fraction of sp³-hybridized carbons (Fsp3) is 0. The molecule has 0 aromatic heterocycles. The third kappa shape index (κ3) is 2.90. The van der Waals surface area contributed by atoms with Crippen LogP contribution in [-0.4, -0.2) is 5.91 Å². The van der Waals surface area contributed by atoms with Crippen LogP contribution in [0.15, 0.2) is 65.1 Å². The predicted octanol–water partition coefficient (Wildman–Crippen LogP) is 4.44. The molecule has 0 aliphatic heterocycles. The van der Waals surface area contributed by atoms with Crippen LogP contribution >= 0.6 is 15.9 Å². The average Bonchev–Trinajstić information content (AvgIpc) is 2.50. The van der Waals surface area contributed by atoms with E-state index in [4.69, 9.17) is 5.73 Å². The molecular formula is C17H13BrN2O. The predicted molar refractivity (Wildman–Crippen MR) is 90.5 cm³/mol. The fourth-order valence-corrected chi connectivity index (χ4v) is 2.51. The molecule has 3 aromatic rings. The molecule has 0 fully saturated rings. The first-order valence-electron chi connectivity index (χ1n) is 6.49. The van der Waals surface area contributed by atoms with Crippen molar-refractivity contribution in [2.45, 2.75) is 0 Å². The Hall–Kier alpha value is -2.33. The van der Waals surface area contributed by atoms with Gasteiger partial charge in [-0.15, -0.1) is 0 Å². The van der Waals surface area contributed by atoms with E-state index in [9.17, 15) is 4.79 Å². The van der Waals surface area contributed by atoms with E-state index in [1.165, 1.54) is 0 Å². The number of nitrogens with two attached hydrogens (primary N) is 1. The number of anilines is 2. The molecule has 0 aliphatic rings. The van der Waals surface area contributed by atoms with Crippen LogP contribution in [0, 0.1) is 0 Å². The summed E-state index contributed by atoms with van der Waals surface area (Å²) in [5, 5.41) is 5.02. The summed E-state index contributed by atoms with van der Waals surface area (Å²) in [7, 11) is 0. The van der Waals surface area contributed by atoms with Crippen molar-refractivity contribution in [2.24, 2.45) is 0 Å². The van der Waals surface area contributed by atoms with Gasteiger partial charge in [-0.3, -0.25) is 4.79 Å². The monoisotopic (exact) mass is 340 g/mol. The minimum absolute atomic E-state index is 0.160. The molecule has 0 radical (unpaired) electrons. The number of fused-ring (bicyclic) bond motifs is 1. The van der Waals surface area contributed by atoms with Crippen molar-refractivity contribution in [3.05, 3.63) is 70.7 Å². The Morgan fingerprint density at radius 1 is 0.952 bits per heavy atom. The van der Waals surface area contributed by atoms with Gasteiger partial charge in [0, 0.05) is 15.7 Å². The lowest BCUT2D eigenvalue weighted by atomic mass is 10.1. The first-order chi connectivity index (χ1) is 10.1. The number of carbonyl (C=O) groups is 1. The minimum atomic E-state index is -0.160. The van der Waals surface area contributed by atoms with Crippen LogP contribution in [0.5, 0.6) is 0 Å². The number of amides is 1. The SMILES string of the molecule is Nc1ccc(Br)c(NC(=O)c2ccc3ccccc3c2)c1. The van der Waals surface area contributed by atoms with Gasteiger partial charge in [-0.1, -0.05) is 30.3 Å². The summed E-state index contributed by atoms with van der Waals surface area (Å²) in [6.45, 7) is 0. The molecule has 0 aliphatic carbocycles. The summed E-state index contributed by atoms with van der Waals surface area (Å²) in [6, 6.07) is 18.9. The van der Waals surface area contributed by atoms with E-state index in [0.29, 0.717) is 16.9 Å². The van der Waals surface area contributed by atoms with E-state index in [2.05, 4.69) is 21.2 Å². The molecular weight excluding hydrogens is 328 g/mol. The second kappa shape index (κ2) is 5.58. The number of benzene rings is 3. The van der Waals surface area contributed by atoms with Crippen LogP contribution in [-0.2, 0) is 0 Å². The Labute approximate surface area is 130 Å². The molecule has 0 saturated heterocycles. The summed E-state index contributed by atoms with van der Waals surface area (Å²) < 4.78 is 0.797. The molecule has 3 N–H and O–H groups in total. The Balaban J connectivity index is 1.91. The Bertz CT molecular complexity index is 830. The molecule has 1 amide bonds. The van der Waals surface area contributed by atoms with Crippen molar-refractivity contribution >= 4 is 44.0 Å². The van der Waals surface area contributed by atoms with Crippen molar-refractivity contribution in [3.8, 4) is 0 Å². The van der Waals surface area contributed by atoms with Gasteiger partial charge in [-0.05, 0) is 57.0 Å². The molecule has 3 rings (SSSR count). The van der Waals surface area contributed by atoms with Gasteiger partial charge in [0.2, 0.25) is 0 Å². The molecule has 3 aromatic carbocycles. The number of halogens is 1. The van der Waals surface area contributed by atoms with Crippen LogP contribution in [0.3, 0.4) is 0 Å². The Morgan fingerprint density at radius 3 is 2.52 bits per heavy atom. The number of rotatable bonds is 2. The highest BCUT2D eigenvalue weighted by atomic mass is 79.9. The van der Waals surface area contributed by atoms with Crippen molar-refractivity contribution in [3.63, 3.8) is 0 Å². The zero-order valence-electron chi connectivity index (χ0n) is 11.1. The summed E-state index contributed by atoms with van der Waals surface area (Å²) in [5.41, 5.74) is 7.62. The molecule has 104 valence electrons.